The van der Waals surface area contributed by atoms with E-state index in [2.05, 4.69) is 10.6 Å². The highest BCUT2D eigenvalue weighted by molar-refractivity contribution is 7.98. The summed E-state index contributed by atoms with van der Waals surface area (Å²) in [5.74, 6) is -0.832. The molecule has 2 aromatic carbocycles. The lowest BCUT2D eigenvalue weighted by Crippen LogP contribution is -2.49. The number of cyclic esters (lactones) is 1. The Labute approximate surface area is 178 Å². The maximum atomic E-state index is 12.8. The van der Waals surface area contributed by atoms with Crippen molar-refractivity contribution in [2.75, 3.05) is 24.7 Å². The van der Waals surface area contributed by atoms with Gasteiger partial charge in [0, 0.05) is 10.6 Å². The van der Waals surface area contributed by atoms with Crippen molar-refractivity contribution in [3.8, 4) is 0 Å². The Balaban J connectivity index is 1.59. The van der Waals surface area contributed by atoms with Crippen LogP contribution < -0.4 is 10.6 Å². The first-order chi connectivity index (χ1) is 14.5. The molecule has 0 aliphatic carbocycles. The molecule has 8 heteroatoms. The van der Waals surface area contributed by atoms with Crippen LogP contribution in [-0.4, -0.2) is 42.2 Å². The van der Waals surface area contributed by atoms with E-state index in [1.807, 2.05) is 55.6 Å². The predicted molar refractivity (Wildman–Crippen MR) is 114 cm³/mol. The van der Waals surface area contributed by atoms with E-state index < -0.39 is 18.0 Å². The highest BCUT2D eigenvalue weighted by Gasteiger charge is 2.42. The Kier molecular flexibility index (Phi) is 5.50. The molecule has 2 N–H and O–H groups in total. The first-order valence-corrected chi connectivity index (χ1v) is 10.7. The van der Waals surface area contributed by atoms with E-state index in [4.69, 9.17) is 4.74 Å². The molecule has 3 amide bonds. The Morgan fingerprint density at radius 3 is 2.63 bits per heavy atom. The van der Waals surface area contributed by atoms with E-state index in [1.54, 1.807) is 17.8 Å². The van der Waals surface area contributed by atoms with E-state index in [9.17, 15) is 14.4 Å². The Morgan fingerprint density at radius 2 is 1.93 bits per heavy atom. The summed E-state index contributed by atoms with van der Waals surface area (Å²) >= 11 is 1.61. The van der Waals surface area contributed by atoms with Crippen molar-refractivity contribution in [1.29, 1.82) is 0 Å². The number of nitrogens with zero attached hydrogens (tertiary/aromatic N) is 1. The van der Waals surface area contributed by atoms with Crippen LogP contribution in [0.15, 0.2) is 64.7 Å². The first kappa shape index (κ1) is 20.0. The van der Waals surface area contributed by atoms with Crippen LogP contribution in [0, 0.1) is 6.92 Å². The number of benzene rings is 2. The molecular formula is C22H21N3O4S. The molecule has 0 radical (unpaired) electrons. The van der Waals surface area contributed by atoms with Crippen LogP contribution >= 0.6 is 11.8 Å². The monoisotopic (exact) mass is 423 g/mol. The van der Waals surface area contributed by atoms with Gasteiger partial charge in [0.15, 0.2) is 0 Å². The van der Waals surface area contributed by atoms with Crippen LogP contribution in [0.25, 0.3) is 0 Å². The summed E-state index contributed by atoms with van der Waals surface area (Å²) in [7, 11) is 0. The fourth-order valence-corrected chi connectivity index (χ4v) is 3.98. The van der Waals surface area contributed by atoms with Crippen molar-refractivity contribution in [1.82, 2.24) is 10.2 Å². The average Bonchev–Trinajstić information content (AvgIpc) is 3.13. The van der Waals surface area contributed by atoms with Crippen LogP contribution in [-0.2, 0) is 14.3 Å². The molecule has 2 heterocycles. The molecule has 30 heavy (non-hydrogen) atoms. The summed E-state index contributed by atoms with van der Waals surface area (Å²) < 4.78 is 5.21. The maximum Gasteiger partial charge on any atom is 0.338 e. The van der Waals surface area contributed by atoms with E-state index in [0.29, 0.717) is 17.0 Å². The third-order valence-electron chi connectivity index (χ3n) is 5.17. The van der Waals surface area contributed by atoms with Crippen molar-refractivity contribution < 1.29 is 19.1 Å². The second-order valence-electron chi connectivity index (χ2n) is 7.04. The van der Waals surface area contributed by atoms with Crippen LogP contribution in [0.4, 0.5) is 10.5 Å². The molecule has 2 aromatic rings. The van der Waals surface area contributed by atoms with Crippen LogP contribution in [0.1, 0.15) is 17.2 Å². The minimum Gasteiger partial charge on any atom is -0.456 e. The van der Waals surface area contributed by atoms with E-state index in [-0.39, 0.29) is 19.1 Å². The van der Waals surface area contributed by atoms with Gasteiger partial charge >= 0.3 is 12.0 Å². The van der Waals surface area contributed by atoms with Crippen molar-refractivity contribution >= 4 is 35.4 Å². The van der Waals surface area contributed by atoms with E-state index in [0.717, 1.165) is 16.0 Å². The molecule has 0 spiro atoms. The van der Waals surface area contributed by atoms with E-state index in [1.165, 1.54) is 4.90 Å². The van der Waals surface area contributed by atoms with Gasteiger partial charge < -0.3 is 15.4 Å². The molecule has 1 atom stereocenters. The molecule has 0 unspecified atom stereocenters. The zero-order chi connectivity index (χ0) is 21.3. The molecule has 0 fully saturated rings. The number of para-hydroxylation sites is 1. The number of thioether (sulfide) groups is 1. The van der Waals surface area contributed by atoms with Gasteiger partial charge in [0.05, 0.1) is 17.3 Å². The molecule has 0 saturated carbocycles. The number of amides is 3. The summed E-state index contributed by atoms with van der Waals surface area (Å²) in [5, 5.41) is 5.66. The number of ether oxygens (including phenoxy) is 1. The van der Waals surface area contributed by atoms with Crippen molar-refractivity contribution in [3.05, 3.63) is 70.9 Å². The lowest BCUT2D eigenvalue weighted by Gasteiger charge is -2.32. The van der Waals surface area contributed by atoms with E-state index >= 15 is 0 Å². The van der Waals surface area contributed by atoms with Crippen molar-refractivity contribution in [3.63, 3.8) is 0 Å². The Hall–Kier alpha value is -3.26. The van der Waals surface area contributed by atoms with Crippen LogP contribution in [0.2, 0.25) is 0 Å². The molecule has 2 aliphatic rings. The van der Waals surface area contributed by atoms with Gasteiger partial charge in [-0.3, -0.25) is 9.69 Å². The minimum absolute atomic E-state index is 0.0291. The number of rotatable bonds is 5. The summed E-state index contributed by atoms with van der Waals surface area (Å²) in [6, 6.07) is 14.0. The first-order valence-electron chi connectivity index (χ1n) is 9.45. The van der Waals surface area contributed by atoms with Crippen molar-refractivity contribution in [2.24, 2.45) is 0 Å². The number of anilines is 1. The molecule has 2 aliphatic heterocycles. The molecule has 0 bridgehead atoms. The van der Waals surface area contributed by atoms with Gasteiger partial charge in [-0.25, -0.2) is 9.59 Å². The molecule has 0 saturated heterocycles. The van der Waals surface area contributed by atoms with Crippen LogP contribution in [0.5, 0.6) is 0 Å². The SMILES string of the molecule is CSc1ccc([C@@H]2NC(=O)N(CC(=O)Nc3ccccc3C)C3=C2C(=O)OC3)cc1. The van der Waals surface area contributed by atoms with Gasteiger partial charge in [-0.2, -0.15) is 0 Å². The maximum absolute atomic E-state index is 12.8. The molecular weight excluding hydrogens is 402 g/mol. The fourth-order valence-electron chi connectivity index (χ4n) is 3.57. The zero-order valence-electron chi connectivity index (χ0n) is 16.6. The number of hydrogen-bond acceptors (Lipinski definition) is 5. The summed E-state index contributed by atoms with van der Waals surface area (Å²) in [6.45, 7) is 1.65. The topological polar surface area (TPSA) is 87.7 Å². The number of aryl methyl sites for hydroxylation is 1. The Bertz CT molecular complexity index is 1050. The largest absolute Gasteiger partial charge is 0.456 e. The average molecular weight is 423 g/mol. The highest BCUT2D eigenvalue weighted by atomic mass is 32.2. The number of carbonyl (C=O) groups excluding carboxylic acids is 3. The molecule has 7 nitrogen and oxygen atoms in total. The normalized spacial score (nSPS) is 18.1. The molecule has 154 valence electrons. The molecule has 4 rings (SSSR count). The van der Waals surface area contributed by atoms with Gasteiger partial charge in [-0.1, -0.05) is 30.3 Å². The summed E-state index contributed by atoms with van der Waals surface area (Å²) in [4.78, 5) is 40.2. The van der Waals surface area contributed by atoms with Gasteiger partial charge in [0.2, 0.25) is 5.91 Å². The lowest BCUT2D eigenvalue weighted by atomic mass is 9.96. The number of carbonyl (C=O) groups is 3. The third-order valence-corrected chi connectivity index (χ3v) is 5.91. The summed E-state index contributed by atoms with van der Waals surface area (Å²) in [6.07, 6.45) is 1.98. The van der Waals surface area contributed by atoms with Crippen molar-refractivity contribution in [2.45, 2.75) is 17.9 Å². The highest BCUT2D eigenvalue weighted by Crippen LogP contribution is 2.35. The zero-order valence-corrected chi connectivity index (χ0v) is 17.4. The number of esters is 1. The third kappa shape index (κ3) is 3.78. The van der Waals surface area contributed by atoms with Gasteiger partial charge in [0.25, 0.3) is 0 Å². The number of urea groups is 1. The standard InChI is InChI=1S/C22H21N3O4S/c1-13-5-3-4-6-16(13)23-18(26)11-25-17-12-29-21(27)19(17)20(24-22(25)28)14-7-9-15(30-2)10-8-14/h3-10,20H,11-12H2,1-2H3,(H,23,26)(H,24,28)/t20-/m0/s1. The smallest absolute Gasteiger partial charge is 0.338 e. The second kappa shape index (κ2) is 8.23. The predicted octanol–water partition coefficient (Wildman–Crippen LogP) is 3.23. The minimum atomic E-state index is -0.603. The second-order valence-corrected chi connectivity index (χ2v) is 7.92. The number of nitrogens with one attached hydrogen (secondary N) is 2. The fraction of sp³-hybridized carbons (Fsp3) is 0.227. The quantitative estimate of drug-likeness (QED) is 0.570. The molecule has 0 aromatic heterocycles. The van der Waals surface area contributed by atoms with Gasteiger partial charge in [-0.05, 0) is 42.5 Å². The summed E-state index contributed by atoms with van der Waals surface area (Å²) in [5.41, 5.74) is 3.19. The van der Waals surface area contributed by atoms with Gasteiger partial charge in [0.1, 0.15) is 13.2 Å². The number of hydrogen-bond donors (Lipinski definition) is 2. The Morgan fingerprint density at radius 1 is 1.20 bits per heavy atom. The lowest BCUT2D eigenvalue weighted by molar-refractivity contribution is -0.136. The van der Waals surface area contributed by atoms with Gasteiger partial charge in [-0.15, -0.1) is 11.8 Å². The van der Waals surface area contributed by atoms with Crippen LogP contribution in [0.3, 0.4) is 0 Å².